The number of nitrogens with one attached hydrogen (secondary N) is 1. The second-order valence-corrected chi connectivity index (χ2v) is 8.21. The summed E-state index contributed by atoms with van der Waals surface area (Å²) in [4.78, 5) is 30.3. The molecular formula is C21H15BrN2O3S. The number of fused-ring (bicyclic) bond motifs is 1. The minimum Gasteiger partial charge on any atom is -0.422 e. The predicted molar refractivity (Wildman–Crippen MR) is 114 cm³/mol. The Morgan fingerprint density at radius 1 is 1.18 bits per heavy atom. The van der Waals surface area contributed by atoms with Crippen LogP contribution in [0.25, 0.3) is 21.5 Å². The van der Waals surface area contributed by atoms with Crippen molar-refractivity contribution in [3.8, 4) is 10.6 Å². The Kier molecular flexibility index (Phi) is 5.11. The molecule has 4 aromatic rings. The molecule has 0 aliphatic rings. The van der Waals surface area contributed by atoms with Gasteiger partial charge in [-0.15, -0.1) is 11.3 Å². The van der Waals surface area contributed by atoms with E-state index in [1.165, 1.54) is 11.3 Å². The standard InChI is InChI=1S/C21H15BrN2O3S/c1-12-18(28-20(24-12)13-5-3-2-4-6-13)11-23-19(25)16-10-14-9-15(22)7-8-17(14)27-21(16)26/h2-10H,11H2,1H3,(H,23,25). The molecule has 2 aromatic carbocycles. The molecule has 28 heavy (non-hydrogen) atoms. The van der Waals surface area contributed by atoms with Crippen LogP contribution < -0.4 is 10.9 Å². The summed E-state index contributed by atoms with van der Waals surface area (Å²) in [6.45, 7) is 2.21. The summed E-state index contributed by atoms with van der Waals surface area (Å²) in [5.74, 6) is -0.468. The topological polar surface area (TPSA) is 72.2 Å². The predicted octanol–water partition coefficient (Wildman–Crippen LogP) is 4.92. The van der Waals surface area contributed by atoms with Crippen molar-refractivity contribution in [3.05, 3.63) is 85.6 Å². The number of hydrogen-bond acceptors (Lipinski definition) is 5. The minimum atomic E-state index is -0.654. The largest absolute Gasteiger partial charge is 0.422 e. The summed E-state index contributed by atoms with van der Waals surface area (Å²) in [6, 6.07) is 16.7. The number of aryl methyl sites for hydroxylation is 1. The van der Waals surface area contributed by atoms with Gasteiger partial charge in [0.05, 0.1) is 12.2 Å². The third-order valence-corrected chi connectivity index (χ3v) is 5.96. The molecule has 0 radical (unpaired) electrons. The van der Waals surface area contributed by atoms with E-state index < -0.39 is 11.5 Å². The van der Waals surface area contributed by atoms with Crippen molar-refractivity contribution in [3.63, 3.8) is 0 Å². The van der Waals surface area contributed by atoms with E-state index in [1.54, 1.807) is 24.3 Å². The lowest BCUT2D eigenvalue weighted by molar-refractivity contribution is 0.0947. The minimum absolute atomic E-state index is 0.0175. The maximum atomic E-state index is 12.6. The lowest BCUT2D eigenvalue weighted by Gasteiger charge is -2.05. The monoisotopic (exact) mass is 454 g/mol. The lowest BCUT2D eigenvalue weighted by Crippen LogP contribution is -2.27. The zero-order valence-corrected chi connectivity index (χ0v) is 17.3. The fourth-order valence-corrected chi connectivity index (χ4v) is 4.19. The summed E-state index contributed by atoms with van der Waals surface area (Å²) in [6.07, 6.45) is 0. The van der Waals surface area contributed by atoms with Crippen molar-refractivity contribution in [1.29, 1.82) is 0 Å². The average Bonchev–Trinajstić information content (AvgIpc) is 3.07. The first kappa shape index (κ1) is 18.6. The molecule has 7 heteroatoms. The van der Waals surface area contributed by atoms with Gasteiger partial charge in [0.2, 0.25) is 0 Å². The van der Waals surface area contributed by atoms with Crippen LogP contribution in [0, 0.1) is 6.92 Å². The lowest BCUT2D eigenvalue weighted by atomic mass is 10.2. The van der Waals surface area contributed by atoms with Gasteiger partial charge in [-0.3, -0.25) is 4.79 Å². The quantitative estimate of drug-likeness (QED) is 0.444. The molecule has 0 aliphatic heterocycles. The van der Waals surface area contributed by atoms with Crippen LogP contribution in [0.2, 0.25) is 0 Å². The average molecular weight is 455 g/mol. The molecule has 4 rings (SSSR count). The molecular weight excluding hydrogens is 440 g/mol. The number of thiazole rings is 1. The van der Waals surface area contributed by atoms with Gasteiger partial charge in [-0.2, -0.15) is 0 Å². The number of hydrogen-bond donors (Lipinski definition) is 1. The highest BCUT2D eigenvalue weighted by Gasteiger charge is 2.16. The van der Waals surface area contributed by atoms with Crippen LogP contribution in [-0.2, 0) is 6.54 Å². The first-order valence-corrected chi connectivity index (χ1v) is 10.2. The van der Waals surface area contributed by atoms with E-state index in [-0.39, 0.29) is 5.56 Å². The van der Waals surface area contributed by atoms with Gasteiger partial charge in [-0.25, -0.2) is 9.78 Å². The molecule has 0 aliphatic carbocycles. The molecule has 0 saturated heterocycles. The van der Waals surface area contributed by atoms with E-state index in [9.17, 15) is 9.59 Å². The van der Waals surface area contributed by atoms with Crippen molar-refractivity contribution in [2.24, 2.45) is 0 Å². The van der Waals surface area contributed by atoms with Crippen LogP contribution in [0.3, 0.4) is 0 Å². The van der Waals surface area contributed by atoms with Crippen molar-refractivity contribution in [1.82, 2.24) is 10.3 Å². The molecule has 2 aromatic heterocycles. The zero-order chi connectivity index (χ0) is 19.7. The number of carbonyl (C=O) groups excluding carboxylic acids is 1. The maximum Gasteiger partial charge on any atom is 0.349 e. The summed E-state index contributed by atoms with van der Waals surface area (Å²) >= 11 is 4.90. The smallest absolute Gasteiger partial charge is 0.349 e. The van der Waals surface area contributed by atoms with Crippen molar-refractivity contribution in [2.45, 2.75) is 13.5 Å². The Morgan fingerprint density at radius 2 is 1.96 bits per heavy atom. The zero-order valence-electron chi connectivity index (χ0n) is 14.9. The molecule has 0 spiro atoms. The maximum absolute atomic E-state index is 12.6. The molecule has 0 fully saturated rings. The molecule has 1 N–H and O–H groups in total. The van der Waals surface area contributed by atoms with Crippen LogP contribution in [0.15, 0.2) is 68.3 Å². The van der Waals surface area contributed by atoms with Gasteiger partial charge in [0.15, 0.2) is 0 Å². The van der Waals surface area contributed by atoms with Gasteiger partial charge < -0.3 is 9.73 Å². The summed E-state index contributed by atoms with van der Waals surface area (Å²) in [5, 5.41) is 4.38. The van der Waals surface area contributed by atoms with Crippen LogP contribution in [0.5, 0.6) is 0 Å². The number of aromatic nitrogens is 1. The van der Waals surface area contributed by atoms with E-state index >= 15 is 0 Å². The highest BCUT2D eigenvalue weighted by atomic mass is 79.9. The Labute approximate surface area is 173 Å². The number of benzene rings is 2. The summed E-state index contributed by atoms with van der Waals surface area (Å²) < 4.78 is 6.10. The van der Waals surface area contributed by atoms with E-state index in [4.69, 9.17) is 4.42 Å². The third-order valence-electron chi connectivity index (χ3n) is 4.26. The van der Waals surface area contributed by atoms with Gasteiger partial charge in [0, 0.05) is 20.3 Å². The van der Waals surface area contributed by atoms with Crippen molar-refractivity contribution in [2.75, 3.05) is 0 Å². The molecule has 0 bridgehead atoms. The Balaban J connectivity index is 1.55. The van der Waals surface area contributed by atoms with Gasteiger partial charge in [0.1, 0.15) is 16.2 Å². The molecule has 0 saturated carbocycles. The second-order valence-electron chi connectivity index (χ2n) is 6.21. The first-order chi connectivity index (χ1) is 13.5. The SMILES string of the molecule is Cc1nc(-c2ccccc2)sc1CNC(=O)c1cc2cc(Br)ccc2oc1=O. The fourth-order valence-electron chi connectivity index (χ4n) is 2.80. The molecule has 0 atom stereocenters. The van der Waals surface area contributed by atoms with Gasteiger partial charge >= 0.3 is 5.63 Å². The summed E-state index contributed by atoms with van der Waals surface area (Å²) in [7, 11) is 0. The Morgan fingerprint density at radius 3 is 2.75 bits per heavy atom. The highest BCUT2D eigenvalue weighted by molar-refractivity contribution is 9.10. The molecule has 0 unspecified atom stereocenters. The van der Waals surface area contributed by atoms with E-state index in [2.05, 4.69) is 26.2 Å². The second kappa shape index (κ2) is 7.69. The van der Waals surface area contributed by atoms with Gasteiger partial charge in [-0.05, 0) is 31.2 Å². The van der Waals surface area contributed by atoms with E-state index in [0.717, 1.165) is 25.6 Å². The number of nitrogens with zero attached hydrogens (tertiary/aromatic N) is 1. The molecule has 1 amide bonds. The van der Waals surface area contributed by atoms with E-state index in [0.29, 0.717) is 17.5 Å². The van der Waals surface area contributed by atoms with Crippen LogP contribution in [0.1, 0.15) is 20.9 Å². The van der Waals surface area contributed by atoms with Crippen molar-refractivity contribution < 1.29 is 9.21 Å². The number of rotatable bonds is 4. The molecule has 140 valence electrons. The van der Waals surface area contributed by atoms with Crippen molar-refractivity contribution >= 4 is 44.1 Å². The number of carbonyl (C=O) groups is 1. The van der Waals surface area contributed by atoms with E-state index in [1.807, 2.05) is 37.3 Å². The summed E-state index contributed by atoms with van der Waals surface area (Å²) in [5.41, 5.74) is 1.66. The molecule has 2 heterocycles. The van der Waals surface area contributed by atoms with Crippen LogP contribution in [0.4, 0.5) is 0 Å². The van der Waals surface area contributed by atoms with Crippen LogP contribution >= 0.6 is 27.3 Å². The first-order valence-electron chi connectivity index (χ1n) is 8.54. The van der Waals surface area contributed by atoms with Gasteiger partial charge in [-0.1, -0.05) is 46.3 Å². The Bertz CT molecular complexity index is 1230. The Hall–Kier alpha value is -2.77. The third kappa shape index (κ3) is 3.76. The normalized spacial score (nSPS) is 10.9. The van der Waals surface area contributed by atoms with Gasteiger partial charge in [0.25, 0.3) is 5.91 Å². The fraction of sp³-hybridized carbons (Fsp3) is 0.0952. The number of amides is 1. The molecule has 5 nitrogen and oxygen atoms in total. The number of halogens is 1. The highest BCUT2D eigenvalue weighted by Crippen LogP contribution is 2.27. The van der Waals surface area contributed by atoms with Crippen LogP contribution in [-0.4, -0.2) is 10.9 Å².